The van der Waals surface area contributed by atoms with Gasteiger partial charge in [0.05, 0.1) is 10.4 Å². The third kappa shape index (κ3) is 5.76. The fraction of sp³-hybridized carbons (Fsp3) is 0.222. The van der Waals surface area contributed by atoms with Crippen molar-refractivity contribution in [1.82, 2.24) is 15.3 Å². The van der Waals surface area contributed by atoms with Gasteiger partial charge in [0.25, 0.3) is 5.91 Å². The number of nitrogens with zero attached hydrogens (tertiary/aromatic N) is 3. The van der Waals surface area contributed by atoms with Crippen molar-refractivity contribution in [3.05, 3.63) is 93.4 Å². The zero-order chi connectivity index (χ0) is 25.6. The van der Waals surface area contributed by atoms with Gasteiger partial charge in [0.15, 0.2) is 5.13 Å². The molecule has 0 fully saturated rings. The highest BCUT2D eigenvalue weighted by Gasteiger charge is 2.35. The van der Waals surface area contributed by atoms with Gasteiger partial charge in [0.2, 0.25) is 17.8 Å². The predicted octanol–water partition coefficient (Wildman–Crippen LogP) is 4.70. The Kier molecular flexibility index (Phi) is 7.67. The highest BCUT2D eigenvalue weighted by Crippen LogP contribution is 2.38. The van der Waals surface area contributed by atoms with Gasteiger partial charge in [0, 0.05) is 37.3 Å². The molecule has 2 amide bonds. The van der Waals surface area contributed by atoms with Crippen molar-refractivity contribution >= 4 is 45.4 Å². The predicted molar refractivity (Wildman–Crippen MR) is 142 cm³/mol. The van der Waals surface area contributed by atoms with Crippen LogP contribution in [0.1, 0.15) is 50.2 Å². The molecule has 5 rings (SSSR count). The highest BCUT2D eigenvalue weighted by molar-refractivity contribution is 7.14. The minimum Gasteiger partial charge on any atom is -0.475 e. The number of ketones is 1. The maximum Gasteiger partial charge on any atom is 0.270 e. The van der Waals surface area contributed by atoms with Gasteiger partial charge >= 0.3 is 0 Å². The number of thiazole rings is 1. The Hall–Kier alpha value is -3.89. The Morgan fingerprint density at radius 2 is 1.89 bits per heavy atom. The molecule has 1 aliphatic rings. The summed E-state index contributed by atoms with van der Waals surface area (Å²) >= 11 is 2.63. The monoisotopic (exact) mass is 532 g/mol. The van der Waals surface area contributed by atoms with E-state index in [1.54, 1.807) is 46.9 Å². The standard InChI is InChI=1S/C27H24N4O4S2/c32-23(29-14-11-18-9-12-28-13-10-18)8-3-15-31(26(34)22-7-4-16-36-22)27-30-20(17-37-27)25-24(33)19-5-1-2-6-21(19)35-25/h1-2,4-7,9-10,12-13,16-17,25H,3,8,11,14-15H2,(H,29,32). The molecule has 4 heterocycles. The van der Waals surface area contributed by atoms with E-state index in [1.807, 2.05) is 29.6 Å². The van der Waals surface area contributed by atoms with Crippen molar-refractivity contribution in [3.63, 3.8) is 0 Å². The number of nitrogens with one attached hydrogen (secondary N) is 1. The first kappa shape index (κ1) is 24.8. The first-order chi connectivity index (χ1) is 18.1. The summed E-state index contributed by atoms with van der Waals surface area (Å²) in [5.41, 5.74) is 2.11. The maximum atomic E-state index is 13.3. The second-order valence-corrected chi connectivity index (χ2v) is 10.2. The van der Waals surface area contributed by atoms with Crippen LogP contribution in [0, 0.1) is 0 Å². The largest absolute Gasteiger partial charge is 0.475 e. The van der Waals surface area contributed by atoms with E-state index < -0.39 is 6.10 Å². The molecule has 4 aromatic rings. The molecule has 0 spiro atoms. The maximum absolute atomic E-state index is 13.3. The second-order valence-electron chi connectivity index (χ2n) is 8.41. The Morgan fingerprint density at radius 1 is 1.05 bits per heavy atom. The molecule has 1 aliphatic heterocycles. The molecule has 188 valence electrons. The van der Waals surface area contributed by atoms with Crippen LogP contribution >= 0.6 is 22.7 Å². The SMILES string of the molecule is O=C(CCCN(C(=O)c1cccs1)c1nc(C2Oc3ccccc3C2=O)cs1)NCCc1ccncc1. The normalized spacial score (nSPS) is 14.2. The number of carbonyl (C=O) groups is 3. The number of para-hydroxylation sites is 1. The summed E-state index contributed by atoms with van der Waals surface area (Å²) in [6.45, 7) is 0.857. The van der Waals surface area contributed by atoms with Crippen LogP contribution in [0.15, 0.2) is 71.7 Å². The number of anilines is 1. The van der Waals surface area contributed by atoms with Crippen LogP contribution in [0.3, 0.4) is 0 Å². The third-order valence-electron chi connectivity index (χ3n) is 5.89. The van der Waals surface area contributed by atoms with Crippen molar-refractivity contribution in [2.24, 2.45) is 0 Å². The molecule has 8 nitrogen and oxygen atoms in total. The zero-order valence-electron chi connectivity index (χ0n) is 19.8. The molecular weight excluding hydrogens is 508 g/mol. The number of fused-ring (bicyclic) bond motifs is 1. The molecule has 1 atom stereocenters. The van der Waals surface area contributed by atoms with E-state index in [0.717, 1.165) is 12.0 Å². The molecule has 37 heavy (non-hydrogen) atoms. The summed E-state index contributed by atoms with van der Waals surface area (Å²) in [6, 6.07) is 14.5. The van der Waals surface area contributed by atoms with Crippen molar-refractivity contribution in [3.8, 4) is 5.75 Å². The van der Waals surface area contributed by atoms with E-state index in [1.165, 1.54) is 22.7 Å². The second kappa shape index (κ2) is 11.4. The van der Waals surface area contributed by atoms with E-state index in [2.05, 4.69) is 15.3 Å². The number of aromatic nitrogens is 2. The van der Waals surface area contributed by atoms with Crippen LogP contribution in [0.25, 0.3) is 0 Å². The fourth-order valence-corrected chi connectivity index (χ4v) is 5.54. The molecule has 0 bridgehead atoms. The summed E-state index contributed by atoms with van der Waals surface area (Å²) in [4.78, 5) is 49.3. The summed E-state index contributed by atoms with van der Waals surface area (Å²) in [7, 11) is 0. The van der Waals surface area contributed by atoms with Crippen molar-refractivity contribution in [2.45, 2.75) is 25.4 Å². The molecule has 0 saturated carbocycles. The Bertz CT molecular complexity index is 1390. The number of thiophene rings is 1. The number of ether oxygens (including phenoxy) is 1. The van der Waals surface area contributed by atoms with Gasteiger partial charge in [-0.3, -0.25) is 24.3 Å². The number of amides is 2. The number of pyridine rings is 1. The summed E-state index contributed by atoms with van der Waals surface area (Å²) in [5.74, 6) is 0.136. The topological polar surface area (TPSA) is 101 Å². The van der Waals surface area contributed by atoms with Gasteiger partial charge in [-0.05, 0) is 54.1 Å². The summed E-state index contributed by atoms with van der Waals surface area (Å²) < 4.78 is 5.85. The van der Waals surface area contributed by atoms with Crippen LogP contribution < -0.4 is 15.0 Å². The number of hydrogen-bond acceptors (Lipinski definition) is 8. The quantitative estimate of drug-likeness (QED) is 0.318. The third-order valence-corrected chi connectivity index (χ3v) is 7.63. The number of benzene rings is 1. The number of Topliss-reactive ketones (excluding diaryl/α,β-unsaturated/α-hetero) is 1. The van der Waals surface area contributed by atoms with E-state index in [9.17, 15) is 14.4 Å². The van der Waals surface area contributed by atoms with Crippen LogP contribution in [0.2, 0.25) is 0 Å². The van der Waals surface area contributed by atoms with Crippen LogP contribution in [-0.4, -0.2) is 40.7 Å². The lowest BCUT2D eigenvalue weighted by molar-refractivity contribution is -0.121. The first-order valence-electron chi connectivity index (χ1n) is 11.9. The number of rotatable bonds is 10. The van der Waals surface area contributed by atoms with Gasteiger partial charge in [-0.15, -0.1) is 22.7 Å². The summed E-state index contributed by atoms with van der Waals surface area (Å²) in [5, 5.41) is 7.00. The Balaban J connectivity index is 1.22. The summed E-state index contributed by atoms with van der Waals surface area (Å²) in [6.07, 6.45) is 4.11. The average molecular weight is 533 g/mol. The molecule has 1 unspecified atom stereocenters. The lowest BCUT2D eigenvalue weighted by atomic mass is 10.1. The van der Waals surface area contributed by atoms with Gasteiger partial charge in [-0.2, -0.15) is 0 Å². The first-order valence-corrected chi connectivity index (χ1v) is 13.6. The average Bonchev–Trinajstić information content (AvgIpc) is 3.68. The van der Waals surface area contributed by atoms with Crippen molar-refractivity contribution in [1.29, 1.82) is 0 Å². The van der Waals surface area contributed by atoms with Crippen LogP contribution in [0.4, 0.5) is 5.13 Å². The minimum absolute atomic E-state index is 0.0693. The van der Waals surface area contributed by atoms with E-state index >= 15 is 0 Å². The Morgan fingerprint density at radius 3 is 2.68 bits per heavy atom. The highest BCUT2D eigenvalue weighted by atomic mass is 32.1. The number of hydrogen-bond donors (Lipinski definition) is 1. The molecule has 3 aromatic heterocycles. The van der Waals surface area contributed by atoms with Gasteiger partial charge < -0.3 is 10.1 Å². The molecule has 1 N–H and O–H groups in total. The molecular formula is C27H24N4O4S2. The lowest BCUT2D eigenvalue weighted by Gasteiger charge is -2.19. The van der Waals surface area contributed by atoms with E-state index in [0.29, 0.717) is 46.5 Å². The smallest absolute Gasteiger partial charge is 0.270 e. The molecule has 10 heteroatoms. The van der Waals surface area contributed by atoms with E-state index in [4.69, 9.17) is 4.74 Å². The van der Waals surface area contributed by atoms with Crippen LogP contribution in [0.5, 0.6) is 5.75 Å². The molecule has 0 aliphatic carbocycles. The molecule has 1 aromatic carbocycles. The van der Waals surface area contributed by atoms with Gasteiger partial charge in [0.1, 0.15) is 11.4 Å². The molecule has 0 radical (unpaired) electrons. The Labute approximate surface area is 222 Å². The fourth-order valence-electron chi connectivity index (χ4n) is 4.01. The van der Waals surface area contributed by atoms with Crippen LogP contribution in [-0.2, 0) is 11.2 Å². The van der Waals surface area contributed by atoms with Gasteiger partial charge in [-0.1, -0.05) is 18.2 Å². The minimum atomic E-state index is -0.827. The molecule has 0 saturated heterocycles. The van der Waals surface area contributed by atoms with Crippen molar-refractivity contribution < 1.29 is 19.1 Å². The lowest BCUT2D eigenvalue weighted by Crippen LogP contribution is -2.33. The zero-order valence-corrected chi connectivity index (χ0v) is 21.5. The van der Waals surface area contributed by atoms with E-state index in [-0.39, 0.29) is 24.0 Å². The number of carbonyl (C=O) groups excluding carboxylic acids is 3. The van der Waals surface area contributed by atoms with Gasteiger partial charge in [-0.25, -0.2) is 4.98 Å². The van der Waals surface area contributed by atoms with Crippen molar-refractivity contribution in [2.75, 3.05) is 18.0 Å².